The van der Waals surface area contributed by atoms with E-state index in [1.54, 1.807) is 21.3 Å². The summed E-state index contributed by atoms with van der Waals surface area (Å²) in [7, 11) is 9.06. The zero-order valence-electron chi connectivity index (χ0n) is 24.5. The number of Topliss-reactive ketones (excluding diaryl/α,β-unsaturated/α-hetero) is 1. The van der Waals surface area contributed by atoms with Crippen LogP contribution in [0.1, 0.15) is 41.6 Å². The molecule has 11 heteroatoms. The van der Waals surface area contributed by atoms with Gasteiger partial charge in [0.15, 0.2) is 23.0 Å². The highest BCUT2D eigenvalue weighted by atomic mass is 16.5. The van der Waals surface area contributed by atoms with Crippen LogP contribution in [0.4, 0.5) is 0 Å². The minimum Gasteiger partial charge on any atom is -0.493 e. The molecule has 41 heavy (non-hydrogen) atoms. The van der Waals surface area contributed by atoms with E-state index in [0.717, 1.165) is 18.4 Å². The number of ketones is 1. The maximum atomic E-state index is 13.5. The predicted octanol–water partition coefficient (Wildman–Crippen LogP) is 3.15. The van der Waals surface area contributed by atoms with E-state index in [1.807, 2.05) is 17.0 Å². The number of fused-ring (bicyclic) bond motifs is 2. The van der Waals surface area contributed by atoms with Crippen molar-refractivity contribution >= 4 is 17.6 Å². The summed E-state index contributed by atoms with van der Waals surface area (Å²) in [5.41, 5.74) is 1.11. The van der Waals surface area contributed by atoms with Crippen molar-refractivity contribution in [3.8, 4) is 34.5 Å². The number of rotatable bonds is 12. The highest BCUT2D eigenvalue weighted by Crippen LogP contribution is 2.40. The number of ether oxygens (including phenoxy) is 6. The molecule has 2 amide bonds. The Morgan fingerprint density at radius 2 is 1.32 bits per heavy atom. The number of carbonyl (C=O) groups excluding carboxylic acids is 3. The first kappa shape index (κ1) is 29.8. The highest BCUT2D eigenvalue weighted by Gasteiger charge is 2.46. The van der Waals surface area contributed by atoms with Gasteiger partial charge in [-0.2, -0.15) is 0 Å². The molecule has 2 bridgehead atoms. The van der Waals surface area contributed by atoms with Gasteiger partial charge in [0, 0.05) is 18.7 Å². The Balaban J connectivity index is 1.46. The number of hydrogen-bond donors (Lipinski definition) is 0. The summed E-state index contributed by atoms with van der Waals surface area (Å²) in [5, 5.41) is 0. The molecule has 2 aliphatic rings. The molecule has 222 valence electrons. The fourth-order valence-corrected chi connectivity index (χ4v) is 5.77. The van der Waals surface area contributed by atoms with Crippen molar-refractivity contribution in [1.82, 2.24) is 9.80 Å². The van der Waals surface area contributed by atoms with Crippen LogP contribution in [-0.4, -0.2) is 95.2 Å². The molecule has 4 rings (SSSR count). The van der Waals surface area contributed by atoms with Crippen LogP contribution in [0.15, 0.2) is 24.3 Å². The standard InChI is InChI=1S/C30H38N2O9/c1-36-22-13-18(14-23(37-2)27(22)40-5)9-8-12-31-17-20-10-7-11-21(29(31)34)32(20)30(35)26(33)19-15-24(38-3)28(41-6)25(16-19)39-4/h13-16,20-21H,7-12,17H2,1-6H3. The molecule has 2 aliphatic heterocycles. The Labute approximate surface area is 240 Å². The highest BCUT2D eigenvalue weighted by molar-refractivity contribution is 6.43. The lowest BCUT2D eigenvalue weighted by molar-refractivity contribution is -0.157. The molecule has 11 nitrogen and oxygen atoms in total. The fourth-order valence-electron chi connectivity index (χ4n) is 5.77. The van der Waals surface area contributed by atoms with Gasteiger partial charge in [-0.1, -0.05) is 0 Å². The van der Waals surface area contributed by atoms with E-state index in [2.05, 4.69) is 0 Å². The molecule has 0 saturated carbocycles. The molecule has 0 radical (unpaired) electrons. The fraction of sp³-hybridized carbons (Fsp3) is 0.500. The molecule has 2 aromatic rings. The molecule has 0 N–H and O–H groups in total. The van der Waals surface area contributed by atoms with Gasteiger partial charge in [-0.05, 0) is 61.9 Å². The van der Waals surface area contributed by atoms with E-state index in [0.29, 0.717) is 55.4 Å². The van der Waals surface area contributed by atoms with Crippen molar-refractivity contribution in [3.63, 3.8) is 0 Å². The van der Waals surface area contributed by atoms with Gasteiger partial charge in [0.1, 0.15) is 6.04 Å². The molecule has 0 aliphatic carbocycles. The van der Waals surface area contributed by atoms with Gasteiger partial charge in [-0.3, -0.25) is 14.4 Å². The van der Waals surface area contributed by atoms with Crippen LogP contribution >= 0.6 is 0 Å². The van der Waals surface area contributed by atoms with E-state index in [1.165, 1.54) is 38.4 Å². The summed E-state index contributed by atoms with van der Waals surface area (Å²) in [6.07, 6.45) is 3.47. The largest absolute Gasteiger partial charge is 0.493 e. The van der Waals surface area contributed by atoms with Crippen molar-refractivity contribution in [3.05, 3.63) is 35.4 Å². The van der Waals surface area contributed by atoms with Crippen LogP contribution in [0.3, 0.4) is 0 Å². The number of aryl methyl sites for hydroxylation is 1. The van der Waals surface area contributed by atoms with Crippen LogP contribution in [-0.2, 0) is 16.0 Å². The van der Waals surface area contributed by atoms with Gasteiger partial charge in [-0.15, -0.1) is 0 Å². The van der Waals surface area contributed by atoms with Crippen molar-refractivity contribution in [2.45, 2.75) is 44.2 Å². The van der Waals surface area contributed by atoms with E-state index < -0.39 is 17.7 Å². The van der Waals surface area contributed by atoms with Gasteiger partial charge in [0.25, 0.3) is 11.7 Å². The summed E-state index contributed by atoms with van der Waals surface area (Å²) in [5.74, 6) is 1.02. The quantitative estimate of drug-likeness (QED) is 0.281. The minimum atomic E-state index is -0.718. The SMILES string of the molecule is COc1cc(CCCN2CC3CCCC(C2=O)N3C(=O)C(=O)c2cc(OC)c(OC)c(OC)c2)cc(OC)c1OC. The van der Waals surface area contributed by atoms with Crippen LogP contribution in [0.2, 0.25) is 0 Å². The Hall–Kier alpha value is -4.15. The van der Waals surface area contributed by atoms with Gasteiger partial charge < -0.3 is 38.2 Å². The Morgan fingerprint density at radius 1 is 0.780 bits per heavy atom. The van der Waals surface area contributed by atoms with E-state index in [4.69, 9.17) is 28.4 Å². The van der Waals surface area contributed by atoms with E-state index >= 15 is 0 Å². The number of likely N-dealkylation sites (tertiary alicyclic amines) is 1. The van der Waals surface area contributed by atoms with E-state index in [9.17, 15) is 14.4 Å². The average molecular weight is 571 g/mol. The third-order valence-corrected chi connectivity index (χ3v) is 7.75. The topological polar surface area (TPSA) is 113 Å². The Morgan fingerprint density at radius 3 is 1.83 bits per heavy atom. The smallest absolute Gasteiger partial charge is 0.295 e. The number of amides is 2. The number of hydrogen-bond acceptors (Lipinski definition) is 9. The first-order valence-corrected chi connectivity index (χ1v) is 13.6. The number of carbonyl (C=O) groups is 3. The van der Waals surface area contributed by atoms with Crippen molar-refractivity contribution in [2.75, 3.05) is 55.7 Å². The third kappa shape index (κ3) is 5.84. The molecular weight excluding hydrogens is 532 g/mol. The van der Waals surface area contributed by atoms with Crippen LogP contribution in [0.5, 0.6) is 34.5 Å². The first-order valence-electron chi connectivity index (χ1n) is 13.6. The summed E-state index contributed by atoms with van der Waals surface area (Å²) >= 11 is 0. The number of piperidine rings is 1. The second kappa shape index (κ2) is 13.0. The lowest BCUT2D eigenvalue weighted by atomic mass is 9.89. The average Bonchev–Trinajstić information content (AvgIpc) is 3.00. The Kier molecular flexibility index (Phi) is 9.46. The van der Waals surface area contributed by atoms with Crippen molar-refractivity contribution in [1.29, 1.82) is 0 Å². The van der Waals surface area contributed by atoms with Crippen molar-refractivity contribution < 1.29 is 42.8 Å². The van der Waals surface area contributed by atoms with Crippen LogP contribution in [0, 0.1) is 0 Å². The van der Waals surface area contributed by atoms with Crippen molar-refractivity contribution in [2.24, 2.45) is 0 Å². The maximum absolute atomic E-state index is 13.5. The second-order valence-corrected chi connectivity index (χ2v) is 9.98. The molecular formula is C30H38N2O9. The summed E-state index contributed by atoms with van der Waals surface area (Å²) in [6.45, 7) is 0.921. The zero-order valence-corrected chi connectivity index (χ0v) is 24.5. The van der Waals surface area contributed by atoms with Gasteiger partial charge in [0.2, 0.25) is 17.4 Å². The number of nitrogens with zero attached hydrogens (tertiary/aromatic N) is 2. The first-order chi connectivity index (χ1) is 19.8. The third-order valence-electron chi connectivity index (χ3n) is 7.75. The van der Waals surface area contributed by atoms with E-state index in [-0.39, 0.29) is 29.0 Å². The van der Waals surface area contributed by atoms with Gasteiger partial charge in [-0.25, -0.2) is 0 Å². The molecule has 2 fully saturated rings. The number of piperazine rings is 1. The molecule has 0 aromatic heterocycles. The number of methoxy groups -OCH3 is 6. The normalized spacial score (nSPS) is 18.0. The maximum Gasteiger partial charge on any atom is 0.295 e. The molecule has 2 aromatic carbocycles. The minimum absolute atomic E-state index is 0.114. The molecule has 2 unspecified atom stereocenters. The Bertz CT molecular complexity index is 1240. The lowest BCUT2D eigenvalue weighted by Crippen LogP contribution is -2.66. The predicted molar refractivity (Wildman–Crippen MR) is 150 cm³/mol. The zero-order chi connectivity index (χ0) is 29.7. The molecule has 0 spiro atoms. The summed E-state index contributed by atoms with van der Waals surface area (Å²) in [4.78, 5) is 43.8. The summed E-state index contributed by atoms with van der Waals surface area (Å²) in [6, 6.07) is 5.83. The summed E-state index contributed by atoms with van der Waals surface area (Å²) < 4.78 is 32.3. The molecule has 2 heterocycles. The monoisotopic (exact) mass is 570 g/mol. The van der Waals surface area contributed by atoms with Gasteiger partial charge in [0.05, 0.1) is 48.7 Å². The second-order valence-electron chi connectivity index (χ2n) is 9.98. The van der Waals surface area contributed by atoms with Gasteiger partial charge >= 0.3 is 0 Å². The lowest BCUT2D eigenvalue weighted by Gasteiger charge is -2.49. The van der Waals surface area contributed by atoms with Crippen LogP contribution < -0.4 is 28.4 Å². The number of benzene rings is 2. The molecule has 2 saturated heterocycles. The van der Waals surface area contributed by atoms with Crippen LogP contribution in [0.25, 0.3) is 0 Å². The molecule has 2 atom stereocenters.